The van der Waals surface area contributed by atoms with Crippen LogP contribution in [0.5, 0.6) is 5.75 Å². The highest BCUT2D eigenvalue weighted by Gasteiger charge is 1.99. The molecule has 2 N–H and O–H groups in total. The Hall–Kier alpha value is -2.49. The quantitative estimate of drug-likeness (QED) is 0.762. The predicted molar refractivity (Wildman–Crippen MR) is 84.6 cm³/mol. The van der Waals surface area contributed by atoms with Crippen LogP contribution in [0.25, 0.3) is 0 Å². The van der Waals surface area contributed by atoms with Gasteiger partial charge in [-0.05, 0) is 37.1 Å². The highest BCUT2D eigenvalue weighted by Crippen LogP contribution is 2.08. The molecule has 0 saturated heterocycles. The molecule has 4 heteroatoms. The molecular weight excluding hydrogens is 264 g/mol. The van der Waals surface area contributed by atoms with Crippen LogP contribution in [0.15, 0.2) is 60.7 Å². The van der Waals surface area contributed by atoms with Crippen LogP contribution in [0, 0.1) is 0 Å². The van der Waals surface area contributed by atoms with Crippen LogP contribution in [-0.2, 0) is 0 Å². The first-order chi connectivity index (χ1) is 10.3. The third-order valence-corrected chi connectivity index (χ3v) is 2.90. The van der Waals surface area contributed by atoms with E-state index in [0.717, 1.165) is 24.3 Å². The van der Waals surface area contributed by atoms with Crippen molar-refractivity contribution in [1.29, 1.82) is 0 Å². The van der Waals surface area contributed by atoms with E-state index in [0.29, 0.717) is 13.2 Å². The molecule has 0 bridgehead atoms. The third-order valence-electron chi connectivity index (χ3n) is 2.90. The van der Waals surface area contributed by atoms with Gasteiger partial charge in [-0.2, -0.15) is 0 Å². The number of rotatable bonds is 7. The molecule has 2 aromatic rings. The summed E-state index contributed by atoms with van der Waals surface area (Å²) in [6.45, 7) is 1.29. The number of nitrogens with one attached hydrogen (secondary N) is 2. The van der Waals surface area contributed by atoms with Crippen LogP contribution < -0.4 is 15.4 Å². The van der Waals surface area contributed by atoms with Crippen molar-refractivity contribution in [1.82, 2.24) is 5.32 Å². The summed E-state index contributed by atoms with van der Waals surface area (Å²) in [6.07, 6.45) is 1.79. The Kier molecular flexibility index (Phi) is 6.13. The second kappa shape index (κ2) is 8.64. The minimum absolute atomic E-state index is 0.176. The number of carbonyl (C=O) groups is 1. The molecule has 0 atom stereocenters. The summed E-state index contributed by atoms with van der Waals surface area (Å²) >= 11 is 0. The van der Waals surface area contributed by atoms with Crippen molar-refractivity contribution in [2.24, 2.45) is 0 Å². The van der Waals surface area contributed by atoms with E-state index in [2.05, 4.69) is 10.6 Å². The largest absolute Gasteiger partial charge is 0.494 e. The molecule has 0 heterocycles. The standard InChI is InChI=1S/C17H20N2O2/c20-17(19-15-9-3-1-4-10-15)18-13-7-8-14-21-16-11-5-2-6-12-16/h1-6,9-12H,7-8,13-14H2,(H2,18,19,20). The molecule has 0 unspecified atom stereocenters. The van der Waals surface area contributed by atoms with Gasteiger partial charge < -0.3 is 15.4 Å². The van der Waals surface area contributed by atoms with Crippen LogP contribution in [0.2, 0.25) is 0 Å². The Morgan fingerprint density at radius 2 is 1.57 bits per heavy atom. The Morgan fingerprint density at radius 3 is 2.29 bits per heavy atom. The smallest absolute Gasteiger partial charge is 0.319 e. The lowest BCUT2D eigenvalue weighted by Gasteiger charge is -2.08. The van der Waals surface area contributed by atoms with E-state index < -0.39 is 0 Å². The monoisotopic (exact) mass is 284 g/mol. The third kappa shape index (κ3) is 5.99. The molecule has 110 valence electrons. The maximum absolute atomic E-state index is 11.6. The molecular formula is C17H20N2O2. The number of ether oxygens (including phenoxy) is 1. The van der Waals surface area contributed by atoms with Gasteiger partial charge in [0.2, 0.25) is 0 Å². The van der Waals surface area contributed by atoms with Gasteiger partial charge in [0.1, 0.15) is 5.75 Å². The highest BCUT2D eigenvalue weighted by molar-refractivity contribution is 5.89. The van der Waals surface area contributed by atoms with E-state index in [1.165, 1.54) is 0 Å². The fourth-order valence-electron chi connectivity index (χ4n) is 1.83. The van der Waals surface area contributed by atoms with Crippen LogP contribution in [0.4, 0.5) is 10.5 Å². The maximum Gasteiger partial charge on any atom is 0.319 e. The number of anilines is 1. The minimum Gasteiger partial charge on any atom is -0.494 e. The maximum atomic E-state index is 11.6. The lowest BCUT2D eigenvalue weighted by atomic mass is 10.3. The molecule has 0 aromatic heterocycles. The first kappa shape index (κ1) is 14.9. The first-order valence-corrected chi connectivity index (χ1v) is 7.12. The van der Waals surface area contributed by atoms with Crippen molar-refractivity contribution in [3.05, 3.63) is 60.7 Å². The van der Waals surface area contributed by atoms with Crippen LogP contribution in [0.1, 0.15) is 12.8 Å². The fraction of sp³-hybridized carbons (Fsp3) is 0.235. The molecule has 2 aromatic carbocycles. The Labute approximate surface area is 125 Å². The van der Waals surface area contributed by atoms with Crippen molar-refractivity contribution in [2.75, 3.05) is 18.5 Å². The van der Waals surface area contributed by atoms with Gasteiger partial charge in [0, 0.05) is 12.2 Å². The average molecular weight is 284 g/mol. The van der Waals surface area contributed by atoms with Gasteiger partial charge in [0.05, 0.1) is 6.61 Å². The van der Waals surface area contributed by atoms with Gasteiger partial charge in [0.25, 0.3) is 0 Å². The summed E-state index contributed by atoms with van der Waals surface area (Å²) in [7, 11) is 0. The van der Waals surface area contributed by atoms with Crippen LogP contribution >= 0.6 is 0 Å². The van der Waals surface area contributed by atoms with Crippen molar-refractivity contribution in [3.63, 3.8) is 0 Å². The van der Waals surface area contributed by atoms with Gasteiger partial charge >= 0.3 is 6.03 Å². The lowest BCUT2D eigenvalue weighted by molar-refractivity contribution is 0.251. The van der Waals surface area contributed by atoms with E-state index in [1.807, 2.05) is 60.7 Å². The first-order valence-electron chi connectivity index (χ1n) is 7.12. The number of para-hydroxylation sites is 2. The zero-order valence-electron chi connectivity index (χ0n) is 11.9. The van der Waals surface area contributed by atoms with Crippen molar-refractivity contribution in [3.8, 4) is 5.75 Å². The Bertz CT molecular complexity index is 529. The predicted octanol–water partition coefficient (Wildman–Crippen LogP) is 3.67. The molecule has 2 rings (SSSR count). The Balaban J connectivity index is 1.52. The summed E-state index contributed by atoms with van der Waals surface area (Å²) in [5, 5.41) is 5.60. The molecule has 0 aliphatic heterocycles. The molecule has 0 saturated carbocycles. The normalized spacial score (nSPS) is 9.90. The van der Waals surface area contributed by atoms with E-state index in [4.69, 9.17) is 4.74 Å². The average Bonchev–Trinajstić information content (AvgIpc) is 2.53. The van der Waals surface area contributed by atoms with E-state index >= 15 is 0 Å². The molecule has 4 nitrogen and oxygen atoms in total. The molecule has 0 fully saturated rings. The van der Waals surface area contributed by atoms with E-state index in [1.54, 1.807) is 0 Å². The second-order valence-electron chi connectivity index (χ2n) is 4.62. The minimum atomic E-state index is -0.176. The zero-order valence-corrected chi connectivity index (χ0v) is 11.9. The summed E-state index contributed by atoms with van der Waals surface area (Å²) in [6, 6.07) is 18.9. The summed E-state index contributed by atoms with van der Waals surface area (Å²) in [5.74, 6) is 0.882. The SMILES string of the molecule is O=C(NCCCCOc1ccccc1)Nc1ccccc1. The molecule has 0 spiro atoms. The highest BCUT2D eigenvalue weighted by atomic mass is 16.5. The number of hydrogen-bond donors (Lipinski definition) is 2. The molecule has 0 aliphatic carbocycles. The van der Waals surface area contributed by atoms with Crippen molar-refractivity contribution in [2.45, 2.75) is 12.8 Å². The summed E-state index contributed by atoms with van der Waals surface area (Å²) < 4.78 is 5.58. The van der Waals surface area contributed by atoms with Gasteiger partial charge in [0.15, 0.2) is 0 Å². The van der Waals surface area contributed by atoms with Gasteiger partial charge in [-0.25, -0.2) is 4.79 Å². The topological polar surface area (TPSA) is 50.4 Å². The molecule has 0 radical (unpaired) electrons. The molecule has 0 aliphatic rings. The van der Waals surface area contributed by atoms with E-state index in [-0.39, 0.29) is 6.03 Å². The summed E-state index contributed by atoms with van der Waals surface area (Å²) in [4.78, 5) is 11.6. The van der Waals surface area contributed by atoms with Gasteiger partial charge in [-0.1, -0.05) is 36.4 Å². The van der Waals surface area contributed by atoms with E-state index in [9.17, 15) is 4.79 Å². The Morgan fingerprint density at radius 1 is 0.905 bits per heavy atom. The van der Waals surface area contributed by atoms with Crippen molar-refractivity contribution < 1.29 is 9.53 Å². The molecule has 2 amide bonds. The fourth-order valence-corrected chi connectivity index (χ4v) is 1.83. The number of hydrogen-bond acceptors (Lipinski definition) is 2. The van der Waals surface area contributed by atoms with Crippen LogP contribution in [0.3, 0.4) is 0 Å². The zero-order chi connectivity index (χ0) is 14.8. The van der Waals surface area contributed by atoms with Crippen LogP contribution in [-0.4, -0.2) is 19.2 Å². The van der Waals surface area contributed by atoms with Gasteiger partial charge in [-0.3, -0.25) is 0 Å². The number of carbonyl (C=O) groups excluding carboxylic acids is 1. The number of urea groups is 1. The number of amides is 2. The summed E-state index contributed by atoms with van der Waals surface area (Å²) in [5.41, 5.74) is 0.794. The number of benzene rings is 2. The lowest BCUT2D eigenvalue weighted by Crippen LogP contribution is -2.29. The number of unbranched alkanes of at least 4 members (excludes halogenated alkanes) is 1. The second-order valence-corrected chi connectivity index (χ2v) is 4.62. The molecule has 21 heavy (non-hydrogen) atoms. The van der Waals surface area contributed by atoms with Gasteiger partial charge in [-0.15, -0.1) is 0 Å². The van der Waals surface area contributed by atoms with Crippen molar-refractivity contribution >= 4 is 11.7 Å².